The second-order valence-electron chi connectivity index (χ2n) is 5.56. The van der Waals surface area contributed by atoms with E-state index in [0.29, 0.717) is 26.3 Å². The average molecular weight is 396 g/mol. The summed E-state index contributed by atoms with van der Waals surface area (Å²) in [6, 6.07) is 12.2. The number of rotatable bonds is 4. The van der Waals surface area contributed by atoms with Crippen LogP contribution in [-0.4, -0.2) is 21.3 Å². The molecule has 0 spiro atoms. The number of H-pyrrole nitrogens is 1. The number of aromatic carboxylic acids is 1. The lowest BCUT2D eigenvalue weighted by molar-refractivity contribution is 0.0689. The first-order valence-electron chi connectivity index (χ1n) is 7.41. The van der Waals surface area contributed by atoms with Crippen LogP contribution >= 0.6 is 34.8 Å². The highest BCUT2D eigenvalue weighted by Crippen LogP contribution is 2.38. The highest BCUT2D eigenvalue weighted by Gasteiger charge is 2.26. The lowest BCUT2D eigenvalue weighted by Gasteiger charge is -2.16. The second-order valence-corrected chi connectivity index (χ2v) is 6.84. The monoisotopic (exact) mass is 394 g/mol. The maximum atomic E-state index is 11.6. The Kier molecular flexibility index (Phi) is 5.04. The van der Waals surface area contributed by atoms with Crippen molar-refractivity contribution in [3.05, 3.63) is 74.4 Å². The smallest absolute Gasteiger partial charge is 0.356 e. The summed E-state index contributed by atoms with van der Waals surface area (Å²) >= 11 is 18.2. The predicted molar refractivity (Wildman–Crippen MR) is 100.0 cm³/mol. The van der Waals surface area contributed by atoms with E-state index in [0.717, 1.165) is 11.1 Å². The number of halogens is 3. The number of hydrogen-bond acceptors (Lipinski definition) is 2. The van der Waals surface area contributed by atoms with Gasteiger partial charge in [0.05, 0.1) is 5.69 Å². The van der Waals surface area contributed by atoms with Gasteiger partial charge in [0.1, 0.15) is 0 Å². The summed E-state index contributed by atoms with van der Waals surface area (Å²) in [5.41, 5.74) is 2.69. The van der Waals surface area contributed by atoms with Gasteiger partial charge in [-0.1, -0.05) is 59.9 Å². The highest BCUT2D eigenvalue weighted by atomic mass is 35.5. The fraction of sp³-hybridized carbons (Fsp3) is 0.111. The third-order valence-corrected chi connectivity index (χ3v) is 4.82. The molecular weight excluding hydrogens is 383 g/mol. The van der Waals surface area contributed by atoms with E-state index in [2.05, 4.69) is 10.2 Å². The van der Waals surface area contributed by atoms with Gasteiger partial charge >= 0.3 is 5.97 Å². The first-order valence-corrected chi connectivity index (χ1v) is 8.54. The summed E-state index contributed by atoms with van der Waals surface area (Å²) in [4.78, 5) is 11.6. The molecule has 7 heteroatoms. The second kappa shape index (κ2) is 7.08. The topological polar surface area (TPSA) is 66.0 Å². The Morgan fingerprint density at radius 3 is 2.32 bits per heavy atom. The lowest BCUT2D eigenvalue weighted by atomic mass is 9.89. The highest BCUT2D eigenvalue weighted by molar-refractivity contribution is 6.35. The van der Waals surface area contributed by atoms with Crippen LogP contribution in [0, 0.1) is 0 Å². The quantitative estimate of drug-likeness (QED) is 0.579. The van der Waals surface area contributed by atoms with Crippen molar-refractivity contribution in [1.82, 2.24) is 10.2 Å². The first kappa shape index (κ1) is 17.8. The van der Waals surface area contributed by atoms with Crippen LogP contribution in [0.4, 0.5) is 0 Å². The van der Waals surface area contributed by atoms with E-state index in [1.54, 1.807) is 42.5 Å². The number of nitrogens with one attached hydrogen (secondary N) is 1. The van der Waals surface area contributed by atoms with Crippen LogP contribution in [0.1, 0.15) is 34.5 Å². The molecule has 0 aliphatic rings. The van der Waals surface area contributed by atoms with Crippen LogP contribution in [0.5, 0.6) is 0 Å². The van der Waals surface area contributed by atoms with Crippen molar-refractivity contribution in [3.63, 3.8) is 0 Å². The van der Waals surface area contributed by atoms with Crippen molar-refractivity contribution in [2.24, 2.45) is 0 Å². The molecule has 0 saturated carbocycles. The Balaban J connectivity index is 2.17. The van der Waals surface area contributed by atoms with E-state index in [9.17, 15) is 9.90 Å². The third-order valence-electron chi connectivity index (χ3n) is 4.00. The van der Waals surface area contributed by atoms with Gasteiger partial charge in [-0.25, -0.2) is 4.79 Å². The minimum absolute atomic E-state index is 0.0385. The SMILES string of the molecule is CC(c1ccc(Cl)cc1Cl)c1c(C(=O)O)n[nH]c1-c1ccc(Cl)cc1. The number of aromatic nitrogens is 2. The van der Waals surface area contributed by atoms with Crippen molar-refractivity contribution in [2.75, 3.05) is 0 Å². The van der Waals surface area contributed by atoms with E-state index >= 15 is 0 Å². The van der Waals surface area contributed by atoms with Gasteiger partial charge in [-0.05, 0) is 35.4 Å². The molecule has 1 heterocycles. The number of carboxylic acid groups (broad SMARTS) is 1. The number of benzene rings is 2. The number of hydrogen-bond donors (Lipinski definition) is 2. The molecule has 4 nitrogen and oxygen atoms in total. The molecule has 1 atom stereocenters. The molecule has 1 unspecified atom stereocenters. The maximum Gasteiger partial charge on any atom is 0.356 e. The Labute approximate surface area is 159 Å². The molecule has 0 aliphatic carbocycles. The fourth-order valence-electron chi connectivity index (χ4n) is 2.78. The minimum atomic E-state index is -1.11. The van der Waals surface area contributed by atoms with Crippen LogP contribution < -0.4 is 0 Å². The molecule has 3 aromatic rings. The zero-order valence-electron chi connectivity index (χ0n) is 13.1. The lowest BCUT2D eigenvalue weighted by Crippen LogP contribution is -2.06. The molecule has 25 heavy (non-hydrogen) atoms. The largest absolute Gasteiger partial charge is 0.476 e. The molecule has 0 bridgehead atoms. The van der Waals surface area contributed by atoms with Gasteiger partial charge in [0.2, 0.25) is 0 Å². The van der Waals surface area contributed by atoms with Crippen molar-refractivity contribution in [3.8, 4) is 11.3 Å². The van der Waals surface area contributed by atoms with Crippen molar-refractivity contribution in [1.29, 1.82) is 0 Å². The van der Waals surface area contributed by atoms with Crippen LogP contribution in [0.2, 0.25) is 15.1 Å². The molecule has 0 saturated heterocycles. The molecule has 0 aliphatic heterocycles. The van der Waals surface area contributed by atoms with E-state index in [1.165, 1.54) is 0 Å². The molecule has 0 amide bonds. The Morgan fingerprint density at radius 1 is 1.08 bits per heavy atom. The molecule has 3 rings (SSSR count). The standard InChI is InChI=1S/C18H13Cl3N2O2/c1-9(13-7-6-12(20)8-14(13)21)15-16(22-23-17(15)18(24)25)10-2-4-11(19)5-3-10/h2-9H,1H3,(H,22,23)(H,24,25). The molecule has 2 N–H and O–H groups in total. The minimum Gasteiger partial charge on any atom is -0.476 e. The number of carbonyl (C=O) groups is 1. The Bertz CT molecular complexity index is 936. The summed E-state index contributed by atoms with van der Waals surface area (Å²) in [6.45, 7) is 1.88. The molecule has 0 fully saturated rings. The van der Waals surface area contributed by atoms with Crippen LogP contribution in [0.25, 0.3) is 11.3 Å². The van der Waals surface area contributed by atoms with Gasteiger partial charge in [0, 0.05) is 26.5 Å². The predicted octanol–water partition coefficient (Wildman–Crippen LogP) is 5.89. The van der Waals surface area contributed by atoms with E-state index < -0.39 is 5.97 Å². The van der Waals surface area contributed by atoms with Gasteiger partial charge in [0.25, 0.3) is 0 Å². The summed E-state index contributed by atoms with van der Waals surface area (Å²) in [6.07, 6.45) is 0. The number of aromatic amines is 1. The zero-order valence-corrected chi connectivity index (χ0v) is 15.3. The van der Waals surface area contributed by atoms with Crippen molar-refractivity contribution >= 4 is 40.8 Å². The van der Waals surface area contributed by atoms with Crippen LogP contribution in [0.3, 0.4) is 0 Å². The van der Waals surface area contributed by atoms with Gasteiger partial charge in [-0.15, -0.1) is 0 Å². The van der Waals surface area contributed by atoms with Gasteiger partial charge in [-0.3, -0.25) is 5.10 Å². The molecule has 128 valence electrons. The van der Waals surface area contributed by atoms with Crippen LogP contribution in [-0.2, 0) is 0 Å². The average Bonchev–Trinajstić information content (AvgIpc) is 3.00. The molecule has 1 aromatic heterocycles. The van der Waals surface area contributed by atoms with Crippen molar-refractivity contribution < 1.29 is 9.90 Å². The maximum absolute atomic E-state index is 11.6. The normalized spacial score (nSPS) is 12.2. The third kappa shape index (κ3) is 3.52. The summed E-state index contributed by atoms with van der Waals surface area (Å²) in [5, 5.41) is 17.9. The zero-order chi connectivity index (χ0) is 18.1. The van der Waals surface area contributed by atoms with E-state index in [4.69, 9.17) is 34.8 Å². The van der Waals surface area contributed by atoms with Gasteiger partial charge in [-0.2, -0.15) is 5.10 Å². The summed E-state index contributed by atoms with van der Waals surface area (Å²) < 4.78 is 0. The molecule has 2 aromatic carbocycles. The summed E-state index contributed by atoms with van der Waals surface area (Å²) in [5.74, 6) is -1.41. The van der Waals surface area contributed by atoms with Gasteiger partial charge < -0.3 is 5.11 Å². The van der Waals surface area contributed by atoms with E-state index in [-0.39, 0.29) is 11.6 Å². The summed E-state index contributed by atoms with van der Waals surface area (Å²) in [7, 11) is 0. The molecule has 0 radical (unpaired) electrons. The Morgan fingerprint density at radius 2 is 1.72 bits per heavy atom. The number of nitrogens with zero attached hydrogens (tertiary/aromatic N) is 1. The number of carboxylic acids is 1. The van der Waals surface area contributed by atoms with Crippen LogP contribution in [0.15, 0.2) is 42.5 Å². The van der Waals surface area contributed by atoms with E-state index in [1.807, 2.05) is 6.92 Å². The van der Waals surface area contributed by atoms with Gasteiger partial charge in [0.15, 0.2) is 5.69 Å². The van der Waals surface area contributed by atoms with Crippen molar-refractivity contribution in [2.45, 2.75) is 12.8 Å². The first-order chi connectivity index (χ1) is 11.9. The Hall–Kier alpha value is -2.01. The molecular formula is C18H13Cl3N2O2. The fourth-order valence-corrected chi connectivity index (χ4v) is 3.48.